The Morgan fingerprint density at radius 2 is 1.89 bits per heavy atom. The fraction of sp³-hybridized carbons (Fsp3) is 0.714. The van der Waals surface area contributed by atoms with Gasteiger partial charge in [-0.15, -0.1) is 0 Å². The molecule has 1 fully saturated rings. The van der Waals surface area contributed by atoms with Gasteiger partial charge in [0.1, 0.15) is 12.9 Å². The van der Waals surface area contributed by atoms with Crippen LogP contribution in [-0.4, -0.2) is 22.1 Å². The first-order chi connectivity index (χ1) is 8.77. The lowest BCUT2D eigenvalue weighted by molar-refractivity contribution is 0.210. The van der Waals surface area contributed by atoms with E-state index in [1.165, 1.54) is 36.9 Å². The van der Waals surface area contributed by atoms with E-state index in [4.69, 9.17) is 10.5 Å². The van der Waals surface area contributed by atoms with Gasteiger partial charge in [0.15, 0.2) is 0 Å². The highest BCUT2D eigenvalue weighted by atomic mass is 16.5. The summed E-state index contributed by atoms with van der Waals surface area (Å²) in [5, 5.41) is 0. The van der Waals surface area contributed by atoms with Crippen molar-refractivity contribution >= 4 is 0 Å². The number of aryl methyl sites for hydroxylation is 1. The normalized spacial score (nSPS) is 21.6. The van der Waals surface area contributed by atoms with Gasteiger partial charge in [0, 0.05) is 5.56 Å². The molecule has 0 unspecified atom stereocenters. The maximum Gasteiger partial charge on any atom is 0.219 e. The Labute approximate surface area is 108 Å². The molecule has 3 rings (SSSR count). The summed E-state index contributed by atoms with van der Waals surface area (Å²) in [5.41, 5.74) is 8.57. The fourth-order valence-corrected chi connectivity index (χ4v) is 3.05. The van der Waals surface area contributed by atoms with Crippen LogP contribution in [0.25, 0.3) is 0 Å². The molecule has 2 aliphatic rings. The molecule has 0 amide bonds. The third-order valence-electron chi connectivity index (χ3n) is 4.18. The predicted octanol–water partition coefficient (Wildman–Crippen LogP) is 2.01. The van der Waals surface area contributed by atoms with Crippen LogP contribution < -0.4 is 10.5 Å². The molecule has 4 nitrogen and oxygen atoms in total. The van der Waals surface area contributed by atoms with Crippen LogP contribution in [0.5, 0.6) is 5.88 Å². The first kappa shape index (κ1) is 11.9. The third-order valence-corrected chi connectivity index (χ3v) is 4.18. The highest BCUT2D eigenvalue weighted by Gasteiger charge is 2.30. The smallest absolute Gasteiger partial charge is 0.219 e. The molecule has 4 heteroatoms. The number of hydrogen-bond donors (Lipinski definition) is 1. The zero-order chi connectivity index (χ0) is 12.4. The first-order valence-corrected chi connectivity index (χ1v) is 7.01. The second-order valence-corrected chi connectivity index (χ2v) is 5.67. The van der Waals surface area contributed by atoms with Gasteiger partial charge in [-0.05, 0) is 38.5 Å². The van der Waals surface area contributed by atoms with Crippen LogP contribution in [0, 0.1) is 0 Å². The van der Waals surface area contributed by atoms with Crippen molar-refractivity contribution in [3.8, 4) is 5.88 Å². The van der Waals surface area contributed by atoms with Gasteiger partial charge in [-0.1, -0.05) is 12.8 Å². The van der Waals surface area contributed by atoms with Crippen molar-refractivity contribution in [2.45, 2.75) is 56.9 Å². The first-order valence-electron chi connectivity index (χ1n) is 7.01. The summed E-state index contributed by atoms with van der Waals surface area (Å²) < 4.78 is 5.92. The molecule has 2 aliphatic carbocycles. The molecule has 2 N–H and O–H groups in total. The molecule has 18 heavy (non-hydrogen) atoms. The van der Waals surface area contributed by atoms with Crippen LogP contribution in [0.2, 0.25) is 0 Å². The standard InChI is InChI=1S/C14H21N3O/c15-14(7-3-4-8-14)9-18-13-11-5-1-2-6-12(11)16-10-17-13/h10H,1-9,15H2. The molecule has 0 aliphatic heterocycles. The Morgan fingerprint density at radius 1 is 1.11 bits per heavy atom. The van der Waals surface area contributed by atoms with Crippen molar-refractivity contribution < 1.29 is 4.74 Å². The van der Waals surface area contributed by atoms with Crippen molar-refractivity contribution in [3.05, 3.63) is 17.6 Å². The Hall–Kier alpha value is -1.16. The number of rotatable bonds is 3. The minimum absolute atomic E-state index is 0.132. The van der Waals surface area contributed by atoms with E-state index in [2.05, 4.69) is 9.97 Å². The van der Waals surface area contributed by atoms with Crippen molar-refractivity contribution in [2.75, 3.05) is 6.61 Å². The van der Waals surface area contributed by atoms with Crippen molar-refractivity contribution in [1.29, 1.82) is 0 Å². The Morgan fingerprint density at radius 3 is 2.72 bits per heavy atom. The van der Waals surface area contributed by atoms with Gasteiger partial charge in [0.05, 0.1) is 11.2 Å². The van der Waals surface area contributed by atoms with E-state index in [1.807, 2.05) is 0 Å². The summed E-state index contributed by atoms with van der Waals surface area (Å²) in [6, 6.07) is 0. The zero-order valence-corrected chi connectivity index (χ0v) is 10.8. The number of nitrogens with two attached hydrogens (primary N) is 1. The second-order valence-electron chi connectivity index (χ2n) is 5.67. The average Bonchev–Trinajstić information content (AvgIpc) is 2.84. The lowest BCUT2D eigenvalue weighted by Gasteiger charge is -2.25. The number of nitrogens with zero attached hydrogens (tertiary/aromatic N) is 2. The lowest BCUT2D eigenvalue weighted by atomic mass is 9.97. The summed E-state index contributed by atoms with van der Waals surface area (Å²) in [4.78, 5) is 8.65. The molecule has 1 aromatic heterocycles. The third kappa shape index (κ3) is 2.34. The van der Waals surface area contributed by atoms with Crippen LogP contribution in [0.3, 0.4) is 0 Å². The molecule has 0 spiro atoms. The second kappa shape index (κ2) is 4.84. The van der Waals surface area contributed by atoms with Gasteiger partial charge < -0.3 is 10.5 Å². The number of hydrogen-bond acceptors (Lipinski definition) is 4. The highest BCUT2D eigenvalue weighted by Crippen LogP contribution is 2.30. The van der Waals surface area contributed by atoms with E-state index in [9.17, 15) is 0 Å². The van der Waals surface area contributed by atoms with Crippen LogP contribution in [0.1, 0.15) is 49.8 Å². The predicted molar refractivity (Wildman–Crippen MR) is 69.6 cm³/mol. The minimum Gasteiger partial charge on any atom is -0.475 e. The molecule has 1 heterocycles. The van der Waals surface area contributed by atoms with E-state index in [0.717, 1.165) is 31.6 Å². The van der Waals surface area contributed by atoms with Gasteiger partial charge in [-0.3, -0.25) is 0 Å². The quantitative estimate of drug-likeness (QED) is 0.887. The van der Waals surface area contributed by atoms with E-state index in [-0.39, 0.29) is 5.54 Å². The summed E-state index contributed by atoms with van der Waals surface area (Å²) >= 11 is 0. The molecule has 98 valence electrons. The molecule has 0 atom stereocenters. The number of aromatic nitrogens is 2. The molecule has 1 aromatic rings. The van der Waals surface area contributed by atoms with Crippen LogP contribution in [0.4, 0.5) is 0 Å². The summed E-state index contributed by atoms with van der Waals surface area (Å²) in [6.45, 7) is 0.594. The van der Waals surface area contributed by atoms with Crippen LogP contribution in [0.15, 0.2) is 6.33 Å². The Balaban J connectivity index is 1.72. The molecule has 0 aromatic carbocycles. The maximum atomic E-state index is 6.31. The van der Waals surface area contributed by atoms with Gasteiger partial charge in [-0.2, -0.15) is 0 Å². The molecular formula is C14H21N3O. The summed E-state index contributed by atoms with van der Waals surface area (Å²) in [7, 11) is 0. The van der Waals surface area contributed by atoms with Crippen LogP contribution >= 0.6 is 0 Å². The van der Waals surface area contributed by atoms with Gasteiger partial charge in [0.25, 0.3) is 0 Å². The van der Waals surface area contributed by atoms with E-state index in [0.29, 0.717) is 6.61 Å². The maximum absolute atomic E-state index is 6.31. The largest absolute Gasteiger partial charge is 0.475 e. The Kier molecular flexibility index (Phi) is 3.20. The topological polar surface area (TPSA) is 61.0 Å². The van der Waals surface area contributed by atoms with Crippen molar-refractivity contribution in [2.24, 2.45) is 5.73 Å². The van der Waals surface area contributed by atoms with Gasteiger partial charge >= 0.3 is 0 Å². The molecule has 0 bridgehead atoms. The SMILES string of the molecule is NC1(COc2ncnc3c2CCCC3)CCCC1. The van der Waals surface area contributed by atoms with Gasteiger partial charge in [0.2, 0.25) is 5.88 Å². The van der Waals surface area contributed by atoms with Crippen molar-refractivity contribution in [3.63, 3.8) is 0 Å². The van der Waals surface area contributed by atoms with Crippen molar-refractivity contribution in [1.82, 2.24) is 9.97 Å². The zero-order valence-electron chi connectivity index (χ0n) is 10.8. The van der Waals surface area contributed by atoms with E-state index in [1.54, 1.807) is 6.33 Å². The average molecular weight is 247 g/mol. The molecule has 1 saturated carbocycles. The molecule has 0 radical (unpaired) electrons. The summed E-state index contributed by atoms with van der Waals surface area (Å²) in [6.07, 6.45) is 10.8. The monoisotopic (exact) mass is 247 g/mol. The van der Waals surface area contributed by atoms with E-state index >= 15 is 0 Å². The highest BCUT2D eigenvalue weighted by molar-refractivity contribution is 5.31. The molecule has 0 saturated heterocycles. The van der Waals surface area contributed by atoms with E-state index < -0.39 is 0 Å². The van der Waals surface area contributed by atoms with Gasteiger partial charge in [-0.25, -0.2) is 9.97 Å². The Bertz CT molecular complexity index is 427. The minimum atomic E-state index is -0.132. The van der Waals surface area contributed by atoms with Crippen LogP contribution in [-0.2, 0) is 12.8 Å². The fourth-order valence-electron chi connectivity index (χ4n) is 3.05. The number of ether oxygens (including phenoxy) is 1. The lowest BCUT2D eigenvalue weighted by Crippen LogP contribution is -2.42. The summed E-state index contributed by atoms with van der Waals surface area (Å²) in [5.74, 6) is 0.774. The molecular weight excluding hydrogens is 226 g/mol. The number of fused-ring (bicyclic) bond motifs is 1.